The van der Waals surface area contributed by atoms with Crippen molar-refractivity contribution in [2.75, 3.05) is 12.4 Å². The minimum atomic E-state index is -0.635. The van der Waals surface area contributed by atoms with Gasteiger partial charge in [0.2, 0.25) is 0 Å². The van der Waals surface area contributed by atoms with Gasteiger partial charge in [-0.05, 0) is 29.8 Å². The molecule has 0 amide bonds. The second kappa shape index (κ2) is 7.30. The maximum atomic E-state index is 11.5. The number of benzene rings is 2. The maximum absolute atomic E-state index is 11.5. The summed E-state index contributed by atoms with van der Waals surface area (Å²) in [5.41, 5.74) is 0.992. The molecular weight excluding hydrogens is 343 g/mol. The van der Waals surface area contributed by atoms with Gasteiger partial charge in [-0.3, -0.25) is 10.1 Å². The van der Waals surface area contributed by atoms with E-state index >= 15 is 0 Å². The molecule has 2 aromatic carbocycles. The molecule has 0 spiro atoms. The quantitative estimate of drug-likeness (QED) is 0.491. The Kier molecular flexibility index (Phi) is 5.41. The van der Waals surface area contributed by atoms with Crippen LogP contribution in [0.15, 0.2) is 36.4 Å². The predicted molar refractivity (Wildman–Crippen MR) is 88.2 cm³/mol. The number of anilines is 1. The van der Waals surface area contributed by atoms with Crippen molar-refractivity contribution in [3.05, 3.63) is 67.7 Å². The summed E-state index contributed by atoms with van der Waals surface area (Å²) in [5, 5.41) is 15.0. The van der Waals surface area contributed by atoms with Crippen molar-refractivity contribution >= 4 is 40.5 Å². The van der Waals surface area contributed by atoms with E-state index in [2.05, 4.69) is 10.1 Å². The Labute approximate surface area is 142 Å². The number of rotatable bonds is 5. The molecule has 0 fully saturated rings. The third-order valence-corrected chi connectivity index (χ3v) is 3.82. The minimum Gasteiger partial charge on any atom is -0.465 e. The number of nitro benzene ring substituents is 1. The van der Waals surface area contributed by atoms with Crippen molar-refractivity contribution in [3.63, 3.8) is 0 Å². The summed E-state index contributed by atoms with van der Waals surface area (Å²) in [6.07, 6.45) is 0. The topological polar surface area (TPSA) is 81.5 Å². The molecule has 0 aromatic heterocycles. The molecule has 0 atom stereocenters. The molecule has 0 aliphatic heterocycles. The molecule has 0 heterocycles. The van der Waals surface area contributed by atoms with E-state index in [1.165, 1.54) is 25.3 Å². The lowest BCUT2D eigenvalue weighted by atomic mass is 10.1. The molecule has 1 N–H and O–H groups in total. The van der Waals surface area contributed by atoms with Crippen LogP contribution in [0.5, 0.6) is 0 Å². The number of ether oxygens (including phenoxy) is 1. The number of nitrogens with one attached hydrogen (secondary N) is 1. The van der Waals surface area contributed by atoms with E-state index in [1.54, 1.807) is 18.2 Å². The summed E-state index contributed by atoms with van der Waals surface area (Å²) in [7, 11) is 1.21. The van der Waals surface area contributed by atoms with Gasteiger partial charge in [-0.2, -0.15) is 0 Å². The number of hydrogen-bond acceptors (Lipinski definition) is 5. The van der Waals surface area contributed by atoms with E-state index in [0.717, 1.165) is 5.56 Å². The zero-order valence-corrected chi connectivity index (χ0v) is 13.5. The lowest BCUT2D eigenvalue weighted by Crippen LogP contribution is -2.06. The molecule has 120 valence electrons. The van der Waals surface area contributed by atoms with Crippen LogP contribution in [0.4, 0.5) is 11.4 Å². The van der Waals surface area contributed by atoms with Gasteiger partial charge in [-0.1, -0.05) is 29.3 Å². The third-order valence-electron chi connectivity index (χ3n) is 3.08. The molecule has 2 aromatic rings. The minimum absolute atomic E-state index is 0.110. The standard InChI is InChI=1S/C15H12Cl2N2O4/c1-23-15(20)10-3-5-13(14(7-10)19(21)22)18-8-9-2-4-11(16)12(17)6-9/h2-7,18H,8H2,1H3. The van der Waals surface area contributed by atoms with Gasteiger partial charge >= 0.3 is 5.97 Å². The zero-order chi connectivity index (χ0) is 17.0. The molecule has 0 bridgehead atoms. The molecule has 0 radical (unpaired) electrons. The first-order valence-corrected chi connectivity index (χ1v) is 7.22. The molecule has 0 aliphatic carbocycles. The number of nitrogens with zero attached hydrogens (tertiary/aromatic N) is 1. The van der Waals surface area contributed by atoms with E-state index in [9.17, 15) is 14.9 Å². The van der Waals surface area contributed by atoms with Crippen LogP contribution in [0, 0.1) is 10.1 Å². The van der Waals surface area contributed by atoms with Crippen molar-refractivity contribution in [2.24, 2.45) is 0 Å². The lowest BCUT2D eigenvalue weighted by molar-refractivity contribution is -0.384. The molecule has 2 rings (SSSR count). The maximum Gasteiger partial charge on any atom is 0.338 e. The number of esters is 1. The van der Waals surface area contributed by atoms with Crippen molar-refractivity contribution in [3.8, 4) is 0 Å². The van der Waals surface area contributed by atoms with Crippen molar-refractivity contribution < 1.29 is 14.5 Å². The normalized spacial score (nSPS) is 10.2. The number of carbonyl (C=O) groups excluding carboxylic acids is 1. The summed E-state index contributed by atoms with van der Waals surface area (Å²) in [6, 6.07) is 9.16. The molecule has 6 nitrogen and oxygen atoms in total. The molecule has 0 saturated carbocycles. The van der Waals surface area contributed by atoms with Gasteiger partial charge < -0.3 is 10.1 Å². The first-order valence-electron chi connectivity index (χ1n) is 6.47. The van der Waals surface area contributed by atoms with E-state index < -0.39 is 10.9 Å². The zero-order valence-electron chi connectivity index (χ0n) is 12.0. The van der Waals surface area contributed by atoms with Crippen LogP contribution in [-0.2, 0) is 11.3 Å². The van der Waals surface area contributed by atoms with E-state index in [4.69, 9.17) is 23.2 Å². The second-order valence-corrected chi connectivity index (χ2v) is 5.40. The van der Waals surface area contributed by atoms with Crippen LogP contribution < -0.4 is 5.32 Å². The molecule has 0 aliphatic rings. The molecule has 0 saturated heterocycles. The van der Waals surface area contributed by atoms with Crippen LogP contribution in [0.1, 0.15) is 15.9 Å². The number of carbonyl (C=O) groups is 1. The Bertz CT molecular complexity index is 765. The summed E-state index contributed by atoms with van der Waals surface area (Å²) in [6.45, 7) is 0.315. The third kappa shape index (κ3) is 4.12. The fourth-order valence-corrected chi connectivity index (χ4v) is 2.24. The Hall–Kier alpha value is -2.31. The Morgan fingerprint density at radius 2 is 1.96 bits per heavy atom. The molecule has 8 heteroatoms. The molecule has 23 heavy (non-hydrogen) atoms. The summed E-state index contributed by atoms with van der Waals surface area (Å²) in [4.78, 5) is 22.1. The van der Waals surface area contributed by atoms with Gasteiger partial charge in [0.1, 0.15) is 5.69 Å². The summed E-state index contributed by atoms with van der Waals surface area (Å²) in [5.74, 6) is -0.635. The van der Waals surface area contributed by atoms with Gasteiger partial charge in [0.05, 0.1) is 27.6 Å². The van der Waals surface area contributed by atoms with Gasteiger partial charge in [0, 0.05) is 12.6 Å². The fourth-order valence-electron chi connectivity index (χ4n) is 1.92. The van der Waals surface area contributed by atoms with Crippen molar-refractivity contribution in [2.45, 2.75) is 6.54 Å². The molecular formula is C15H12Cl2N2O4. The first-order chi connectivity index (χ1) is 10.9. The fraction of sp³-hybridized carbons (Fsp3) is 0.133. The van der Waals surface area contributed by atoms with E-state index in [-0.39, 0.29) is 16.9 Å². The average molecular weight is 355 g/mol. The van der Waals surface area contributed by atoms with Gasteiger partial charge in [-0.15, -0.1) is 0 Å². The summed E-state index contributed by atoms with van der Waals surface area (Å²) < 4.78 is 4.56. The van der Waals surface area contributed by atoms with E-state index in [1.807, 2.05) is 0 Å². The number of hydrogen-bond donors (Lipinski definition) is 1. The Morgan fingerprint density at radius 1 is 1.22 bits per heavy atom. The van der Waals surface area contributed by atoms with Gasteiger partial charge in [-0.25, -0.2) is 4.79 Å². The number of methoxy groups -OCH3 is 1. The highest BCUT2D eigenvalue weighted by Gasteiger charge is 2.17. The second-order valence-electron chi connectivity index (χ2n) is 4.58. The smallest absolute Gasteiger partial charge is 0.338 e. The SMILES string of the molecule is COC(=O)c1ccc(NCc2ccc(Cl)c(Cl)c2)c([N+](=O)[O-])c1. The first kappa shape index (κ1) is 17.1. The highest BCUT2D eigenvalue weighted by atomic mass is 35.5. The van der Waals surface area contributed by atoms with Gasteiger partial charge in [0.25, 0.3) is 5.69 Å². The number of halogens is 2. The van der Waals surface area contributed by atoms with Crippen LogP contribution in [0.25, 0.3) is 0 Å². The largest absolute Gasteiger partial charge is 0.465 e. The van der Waals surface area contributed by atoms with Crippen LogP contribution in [-0.4, -0.2) is 18.0 Å². The Balaban J connectivity index is 2.23. The van der Waals surface area contributed by atoms with Crippen LogP contribution in [0.3, 0.4) is 0 Å². The lowest BCUT2D eigenvalue weighted by Gasteiger charge is -2.09. The monoisotopic (exact) mass is 354 g/mol. The average Bonchev–Trinajstić information content (AvgIpc) is 2.55. The van der Waals surface area contributed by atoms with Crippen LogP contribution in [0.2, 0.25) is 10.0 Å². The van der Waals surface area contributed by atoms with Crippen LogP contribution >= 0.6 is 23.2 Å². The Morgan fingerprint density at radius 3 is 2.57 bits per heavy atom. The molecule has 0 unspecified atom stereocenters. The number of nitro groups is 1. The predicted octanol–water partition coefficient (Wildman–Crippen LogP) is 4.30. The summed E-state index contributed by atoms with van der Waals surface area (Å²) >= 11 is 11.8. The highest BCUT2D eigenvalue weighted by Crippen LogP contribution is 2.27. The van der Waals surface area contributed by atoms with E-state index in [0.29, 0.717) is 16.6 Å². The van der Waals surface area contributed by atoms with Crippen molar-refractivity contribution in [1.29, 1.82) is 0 Å². The highest BCUT2D eigenvalue weighted by molar-refractivity contribution is 6.42. The van der Waals surface area contributed by atoms with Crippen molar-refractivity contribution in [1.82, 2.24) is 0 Å². The van der Waals surface area contributed by atoms with Gasteiger partial charge in [0.15, 0.2) is 0 Å².